The number of phenolic OH excluding ortho intramolecular Hbond substituents is 1. The van der Waals surface area contributed by atoms with Crippen LogP contribution >= 0.6 is 0 Å². The molecule has 0 aliphatic carbocycles. The fourth-order valence-electron chi connectivity index (χ4n) is 4.57. The van der Waals surface area contributed by atoms with Crippen LogP contribution < -0.4 is 0 Å². The Kier molecular flexibility index (Phi) is 6.76. The lowest BCUT2D eigenvalue weighted by atomic mass is 9.94. The van der Waals surface area contributed by atoms with E-state index in [0.717, 1.165) is 23.3 Å². The number of aromatic amines is 1. The topological polar surface area (TPSA) is 142 Å². The highest BCUT2D eigenvalue weighted by molar-refractivity contribution is 6.04. The molecule has 1 heterocycles. The molecule has 0 radical (unpaired) electrons. The van der Waals surface area contributed by atoms with E-state index in [0.29, 0.717) is 27.9 Å². The number of carboxylic acids is 1. The maximum atomic E-state index is 13.9. The molecule has 4 aromatic carbocycles. The minimum absolute atomic E-state index is 0.0468. The summed E-state index contributed by atoms with van der Waals surface area (Å²) < 4.78 is 13.9. The second-order valence-electron chi connectivity index (χ2n) is 9.49. The van der Waals surface area contributed by atoms with Crippen molar-refractivity contribution in [1.29, 1.82) is 5.26 Å². The number of nitrogens with one attached hydrogen (secondary N) is 1. The molecule has 9 heteroatoms. The van der Waals surface area contributed by atoms with Gasteiger partial charge in [0.15, 0.2) is 11.4 Å². The standard InChI is InChI=1S/C31H23FN4O4/c1-16(2)17-6-8-18(9-7-17)26-20(15-33)10-12-22-27(26)34-30(38)28(22)36-35-25-5-3-4-21(29(25)37)19-11-13-24(32)23(14-19)31(39)40/h3-14,16,34,37-38H,1-2H3,(H,39,40). The van der Waals surface area contributed by atoms with Crippen LogP contribution in [0.3, 0.4) is 0 Å². The average molecular weight is 535 g/mol. The Labute approximate surface area is 228 Å². The molecule has 0 spiro atoms. The van der Waals surface area contributed by atoms with Crippen molar-refractivity contribution in [1.82, 2.24) is 4.98 Å². The minimum atomic E-state index is -1.43. The number of rotatable bonds is 6. The van der Waals surface area contributed by atoms with E-state index in [1.54, 1.807) is 18.2 Å². The first-order valence-electron chi connectivity index (χ1n) is 12.3. The quantitative estimate of drug-likeness (QED) is 0.163. The lowest BCUT2D eigenvalue weighted by Crippen LogP contribution is -2.00. The number of aromatic hydroxyl groups is 2. The van der Waals surface area contributed by atoms with Gasteiger partial charge in [-0.2, -0.15) is 5.26 Å². The van der Waals surface area contributed by atoms with Gasteiger partial charge >= 0.3 is 5.97 Å². The van der Waals surface area contributed by atoms with Crippen LogP contribution in [0, 0.1) is 17.1 Å². The number of para-hydroxylation sites is 1. The number of H-pyrrole nitrogens is 1. The number of hydrogen-bond acceptors (Lipinski definition) is 6. The third-order valence-corrected chi connectivity index (χ3v) is 6.69. The summed E-state index contributed by atoms with van der Waals surface area (Å²) in [4.78, 5) is 14.3. The van der Waals surface area contributed by atoms with Crippen molar-refractivity contribution >= 4 is 28.2 Å². The Hall–Kier alpha value is -5.49. The normalized spacial score (nSPS) is 11.4. The molecule has 0 saturated heterocycles. The molecule has 0 atom stereocenters. The van der Waals surface area contributed by atoms with E-state index in [4.69, 9.17) is 0 Å². The average Bonchev–Trinajstić information content (AvgIpc) is 3.26. The Morgan fingerprint density at radius 2 is 1.70 bits per heavy atom. The van der Waals surface area contributed by atoms with Gasteiger partial charge in [-0.3, -0.25) is 0 Å². The van der Waals surface area contributed by atoms with Gasteiger partial charge in [-0.15, -0.1) is 10.2 Å². The summed E-state index contributed by atoms with van der Waals surface area (Å²) in [5, 5.41) is 49.5. The molecule has 8 nitrogen and oxygen atoms in total. The van der Waals surface area contributed by atoms with E-state index in [9.17, 15) is 29.8 Å². The number of benzene rings is 4. The van der Waals surface area contributed by atoms with Crippen LogP contribution in [0.2, 0.25) is 0 Å². The Balaban J connectivity index is 1.58. The molecule has 0 unspecified atom stereocenters. The van der Waals surface area contributed by atoms with E-state index in [1.165, 1.54) is 18.2 Å². The molecular weight excluding hydrogens is 511 g/mol. The van der Waals surface area contributed by atoms with E-state index in [2.05, 4.69) is 35.1 Å². The number of carbonyl (C=O) groups is 1. The van der Waals surface area contributed by atoms with Crippen LogP contribution in [0.1, 0.15) is 41.3 Å². The molecule has 0 saturated carbocycles. The van der Waals surface area contributed by atoms with E-state index in [1.807, 2.05) is 24.3 Å². The second-order valence-corrected chi connectivity index (χ2v) is 9.49. The van der Waals surface area contributed by atoms with E-state index >= 15 is 0 Å². The highest BCUT2D eigenvalue weighted by atomic mass is 19.1. The summed E-state index contributed by atoms with van der Waals surface area (Å²) in [6.45, 7) is 4.19. The number of aromatic carboxylic acids is 1. The summed E-state index contributed by atoms with van der Waals surface area (Å²) in [5.41, 5.74) is 3.62. The lowest BCUT2D eigenvalue weighted by Gasteiger charge is -2.09. The van der Waals surface area contributed by atoms with Crippen molar-refractivity contribution in [3.8, 4) is 40.0 Å². The lowest BCUT2D eigenvalue weighted by molar-refractivity contribution is 0.0692. The molecule has 0 aliphatic rings. The molecule has 4 N–H and O–H groups in total. The van der Waals surface area contributed by atoms with Crippen molar-refractivity contribution in [3.05, 3.63) is 95.3 Å². The van der Waals surface area contributed by atoms with Crippen molar-refractivity contribution in [3.63, 3.8) is 0 Å². The van der Waals surface area contributed by atoms with Gasteiger partial charge in [-0.05, 0) is 52.9 Å². The molecule has 0 aliphatic heterocycles. The van der Waals surface area contributed by atoms with Gasteiger partial charge in [0.05, 0.1) is 22.7 Å². The highest BCUT2D eigenvalue weighted by Gasteiger charge is 2.19. The monoisotopic (exact) mass is 534 g/mol. The number of halogens is 1. The highest BCUT2D eigenvalue weighted by Crippen LogP contribution is 2.43. The Morgan fingerprint density at radius 1 is 0.975 bits per heavy atom. The van der Waals surface area contributed by atoms with Gasteiger partial charge in [0, 0.05) is 16.5 Å². The fraction of sp³-hybridized carbons (Fsp3) is 0.0968. The molecule has 40 heavy (non-hydrogen) atoms. The Bertz CT molecular complexity index is 1850. The zero-order valence-electron chi connectivity index (χ0n) is 21.5. The van der Waals surface area contributed by atoms with E-state index in [-0.39, 0.29) is 34.1 Å². The molecular formula is C31H23FN4O4. The number of fused-ring (bicyclic) bond motifs is 1. The summed E-state index contributed by atoms with van der Waals surface area (Å²) in [6, 6.07) is 21.5. The molecule has 5 rings (SSSR count). The SMILES string of the molecule is CC(C)c1ccc(-c2c(C#N)ccc3c(N=Nc4cccc(-c5ccc(F)c(C(=O)O)c5)c4O)c(O)[nH]c23)cc1. The predicted molar refractivity (Wildman–Crippen MR) is 149 cm³/mol. The van der Waals surface area contributed by atoms with Gasteiger partial charge in [0.2, 0.25) is 5.88 Å². The first kappa shape index (κ1) is 26.1. The zero-order chi connectivity index (χ0) is 28.6. The Morgan fingerprint density at radius 3 is 2.38 bits per heavy atom. The number of hydrogen-bond donors (Lipinski definition) is 4. The largest absolute Gasteiger partial charge is 0.505 e. The molecule has 0 bridgehead atoms. The van der Waals surface area contributed by atoms with Crippen LogP contribution in [0.5, 0.6) is 11.6 Å². The van der Waals surface area contributed by atoms with Crippen molar-refractivity contribution in [2.45, 2.75) is 19.8 Å². The van der Waals surface area contributed by atoms with Crippen LogP contribution in [-0.4, -0.2) is 26.3 Å². The first-order valence-corrected chi connectivity index (χ1v) is 12.3. The molecule has 0 amide bonds. The number of aromatic nitrogens is 1. The summed E-state index contributed by atoms with van der Waals surface area (Å²) in [7, 11) is 0. The predicted octanol–water partition coefficient (Wildman–Crippen LogP) is 8.16. The van der Waals surface area contributed by atoms with Crippen LogP contribution in [0.4, 0.5) is 15.8 Å². The summed E-state index contributed by atoms with van der Waals surface area (Å²) in [5.74, 6) is -2.55. The number of phenols is 1. The fourth-order valence-corrected chi connectivity index (χ4v) is 4.57. The third-order valence-electron chi connectivity index (χ3n) is 6.69. The van der Waals surface area contributed by atoms with Gasteiger partial charge in [-0.25, -0.2) is 9.18 Å². The molecule has 1 aromatic heterocycles. The summed E-state index contributed by atoms with van der Waals surface area (Å²) in [6.07, 6.45) is 0. The minimum Gasteiger partial charge on any atom is -0.505 e. The van der Waals surface area contributed by atoms with Crippen LogP contribution in [0.25, 0.3) is 33.2 Å². The number of nitriles is 1. The van der Waals surface area contributed by atoms with Crippen LogP contribution in [-0.2, 0) is 0 Å². The van der Waals surface area contributed by atoms with Gasteiger partial charge < -0.3 is 20.3 Å². The first-order chi connectivity index (χ1) is 19.2. The molecule has 198 valence electrons. The maximum Gasteiger partial charge on any atom is 0.338 e. The number of azo groups is 1. The zero-order valence-corrected chi connectivity index (χ0v) is 21.5. The summed E-state index contributed by atoms with van der Waals surface area (Å²) >= 11 is 0. The number of nitrogens with zero attached hydrogens (tertiary/aromatic N) is 3. The van der Waals surface area contributed by atoms with Gasteiger partial charge in [-0.1, -0.05) is 56.3 Å². The van der Waals surface area contributed by atoms with Crippen LogP contribution in [0.15, 0.2) is 83.0 Å². The second kappa shape index (κ2) is 10.3. The van der Waals surface area contributed by atoms with E-state index < -0.39 is 17.3 Å². The van der Waals surface area contributed by atoms with Gasteiger partial charge in [0.25, 0.3) is 0 Å². The molecule has 0 fully saturated rings. The van der Waals surface area contributed by atoms with Gasteiger partial charge in [0.1, 0.15) is 11.5 Å². The van der Waals surface area contributed by atoms with Crippen molar-refractivity contribution in [2.75, 3.05) is 0 Å². The third kappa shape index (κ3) is 4.63. The molecule has 5 aromatic rings. The number of carboxylic acid groups (broad SMARTS) is 1. The van der Waals surface area contributed by atoms with Crippen molar-refractivity contribution < 1.29 is 24.5 Å². The smallest absolute Gasteiger partial charge is 0.338 e. The maximum absolute atomic E-state index is 13.9. The van der Waals surface area contributed by atoms with Crippen molar-refractivity contribution in [2.24, 2.45) is 10.2 Å².